The lowest BCUT2D eigenvalue weighted by Crippen LogP contribution is -2.24. The summed E-state index contributed by atoms with van der Waals surface area (Å²) in [5.41, 5.74) is 2.43. The van der Waals surface area contributed by atoms with E-state index in [1.807, 2.05) is 6.07 Å². The molecule has 3 rings (SSSR count). The van der Waals surface area contributed by atoms with Crippen molar-refractivity contribution in [1.29, 1.82) is 0 Å². The van der Waals surface area contributed by atoms with Crippen LogP contribution in [0.2, 0.25) is 0 Å². The Morgan fingerprint density at radius 3 is 2.59 bits per heavy atom. The number of benzene rings is 2. The van der Waals surface area contributed by atoms with Crippen LogP contribution in [0.1, 0.15) is 11.1 Å². The molecule has 3 aromatic rings. The van der Waals surface area contributed by atoms with Crippen LogP contribution in [0.5, 0.6) is 0 Å². The Hall–Kier alpha value is -2.38. The highest BCUT2D eigenvalue weighted by Crippen LogP contribution is 2.13. The Bertz CT molecular complexity index is 942. The maximum absolute atomic E-state index is 12.1. The second-order valence-electron chi connectivity index (χ2n) is 4.91. The number of rotatable bonds is 5. The number of sulfonamides is 1. The summed E-state index contributed by atoms with van der Waals surface area (Å²) < 4.78 is 31.6. The number of H-pyrrole nitrogens is 1. The Balaban J connectivity index is 1.71. The van der Waals surface area contributed by atoms with Crippen molar-refractivity contribution in [3.05, 3.63) is 70.2 Å². The van der Waals surface area contributed by atoms with E-state index in [0.717, 1.165) is 5.56 Å². The third kappa shape index (κ3) is 3.44. The maximum Gasteiger partial charge on any atom is 0.417 e. The van der Waals surface area contributed by atoms with Crippen molar-refractivity contribution < 1.29 is 12.8 Å². The molecule has 0 fully saturated rings. The Morgan fingerprint density at radius 1 is 1.05 bits per heavy atom. The fourth-order valence-corrected chi connectivity index (χ4v) is 3.26. The molecule has 6 nitrogen and oxygen atoms in total. The SMILES string of the molecule is O=c1[nH]c2ccc(CNS(=O)(=O)Cc3ccccc3)cc2o1. The molecule has 0 atom stereocenters. The van der Waals surface area contributed by atoms with Gasteiger partial charge >= 0.3 is 5.76 Å². The van der Waals surface area contributed by atoms with Gasteiger partial charge in [0.05, 0.1) is 11.3 Å². The van der Waals surface area contributed by atoms with Gasteiger partial charge in [-0.2, -0.15) is 0 Å². The first kappa shape index (κ1) is 14.6. The minimum atomic E-state index is -3.43. The summed E-state index contributed by atoms with van der Waals surface area (Å²) in [4.78, 5) is 13.6. The Kier molecular flexibility index (Phi) is 3.82. The van der Waals surface area contributed by atoms with E-state index in [-0.39, 0.29) is 12.3 Å². The van der Waals surface area contributed by atoms with E-state index in [2.05, 4.69) is 9.71 Å². The van der Waals surface area contributed by atoms with Gasteiger partial charge in [0.2, 0.25) is 10.0 Å². The molecule has 1 heterocycles. The highest BCUT2D eigenvalue weighted by atomic mass is 32.2. The molecule has 22 heavy (non-hydrogen) atoms. The fraction of sp³-hybridized carbons (Fsp3) is 0.133. The number of oxazole rings is 1. The molecule has 114 valence electrons. The van der Waals surface area contributed by atoms with E-state index in [1.54, 1.807) is 42.5 Å². The molecule has 2 N–H and O–H groups in total. The van der Waals surface area contributed by atoms with Gasteiger partial charge in [-0.15, -0.1) is 0 Å². The van der Waals surface area contributed by atoms with E-state index in [4.69, 9.17) is 4.42 Å². The molecule has 1 aromatic heterocycles. The summed E-state index contributed by atoms with van der Waals surface area (Å²) in [6, 6.07) is 14.0. The predicted octanol–water partition coefficient (Wildman–Crippen LogP) is 1.74. The second kappa shape index (κ2) is 5.78. The average Bonchev–Trinajstić information content (AvgIpc) is 2.85. The van der Waals surface area contributed by atoms with Crippen molar-refractivity contribution in [2.45, 2.75) is 12.3 Å². The molecule has 0 aliphatic rings. The first-order valence-electron chi connectivity index (χ1n) is 6.65. The number of nitrogens with one attached hydrogen (secondary N) is 2. The molecule has 0 aliphatic carbocycles. The van der Waals surface area contributed by atoms with Crippen molar-refractivity contribution in [2.75, 3.05) is 0 Å². The highest BCUT2D eigenvalue weighted by Gasteiger charge is 2.11. The average molecular weight is 318 g/mol. The van der Waals surface area contributed by atoms with Gasteiger partial charge in [-0.05, 0) is 23.3 Å². The van der Waals surface area contributed by atoms with Crippen molar-refractivity contribution in [2.24, 2.45) is 0 Å². The van der Waals surface area contributed by atoms with Gasteiger partial charge in [-0.25, -0.2) is 17.9 Å². The van der Waals surface area contributed by atoms with E-state index in [1.165, 1.54) is 0 Å². The highest BCUT2D eigenvalue weighted by molar-refractivity contribution is 7.88. The number of fused-ring (bicyclic) bond motifs is 1. The van der Waals surface area contributed by atoms with Crippen LogP contribution in [0.25, 0.3) is 11.1 Å². The zero-order valence-corrected chi connectivity index (χ0v) is 12.4. The molecule has 0 saturated heterocycles. The first-order chi connectivity index (χ1) is 10.5. The largest absolute Gasteiger partial charge is 0.417 e. The molecule has 0 amide bonds. The Labute approximate surface area is 126 Å². The van der Waals surface area contributed by atoms with Crippen LogP contribution in [0, 0.1) is 0 Å². The summed E-state index contributed by atoms with van der Waals surface area (Å²) in [7, 11) is -3.43. The van der Waals surface area contributed by atoms with Crippen molar-refractivity contribution in [3.8, 4) is 0 Å². The third-order valence-electron chi connectivity index (χ3n) is 3.18. The molecule has 0 bridgehead atoms. The molecular weight excluding hydrogens is 304 g/mol. The molecule has 2 aromatic carbocycles. The van der Waals surface area contributed by atoms with Gasteiger partial charge in [-0.1, -0.05) is 36.4 Å². The van der Waals surface area contributed by atoms with Crippen molar-refractivity contribution >= 4 is 21.1 Å². The number of aromatic nitrogens is 1. The van der Waals surface area contributed by atoms with Crippen LogP contribution in [0.3, 0.4) is 0 Å². The van der Waals surface area contributed by atoms with Crippen molar-refractivity contribution in [3.63, 3.8) is 0 Å². The minimum Gasteiger partial charge on any atom is -0.408 e. The van der Waals surface area contributed by atoms with Crippen LogP contribution < -0.4 is 10.5 Å². The normalized spacial score (nSPS) is 11.8. The quantitative estimate of drug-likeness (QED) is 0.749. The van der Waals surface area contributed by atoms with E-state index < -0.39 is 15.8 Å². The van der Waals surface area contributed by atoms with Gasteiger partial charge in [0.15, 0.2) is 5.58 Å². The van der Waals surface area contributed by atoms with E-state index >= 15 is 0 Å². The van der Waals surface area contributed by atoms with Gasteiger partial charge in [-0.3, -0.25) is 4.98 Å². The molecule has 7 heteroatoms. The van der Waals surface area contributed by atoms with Crippen LogP contribution in [-0.2, 0) is 22.3 Å². The monoisotopic (exact) mass is 318 g/mol. The van der Waals surface area contributed by atoms with E-state index in [9.17, 15) is 13.2 Å². The summed E-state index contributed by atoms with van der Waals surface area (Å²) in [5.74, 6) is -0.605. The molecule has 0 radical (unpaired) electrons. The lowest BCUT2D eigenvalue weighted by Gasteiger charge is -2.07. The standard InChI is InChI=1S/C15H14N2O4S/c18-15-17-13-7-6-12(8-14(13)21-15)9-16-22(19,20)10-11-4-2-1-3-5-11/h1-8,16H,9-10H2,(H,17,18). The third-order valence-corrected chi connectivity index (χ3v) is 4.48. The van der Waals surface area contributed by atoms with Gasteiger partial charge in [0, 0.05) is 6.54 Å². The minimum absolute atomic E-state index is 0.0741. The molecule has 0 unspecified atom stereocenters. The second-order valence-corrected chi connectivity index (χ2v) is 6.72. The topological polar surface area (TPSA) is 92.2 Å². The van der Waals surface area contributed by atoms with Gasteiger partial charge in [0.1, 0.15) is 0 Å². The summed E-state index contributed by atoms with van der Waals surface area (Å²) in [6.07, 6.45) is 0. The zero-order chi connectivity index (χ0) is 15.6. The summed E-state index contributed by atoms with van der Waals surface area (Å²) in [5, 5.41) is 0. The number of hydrogen-bond donors (Lipinski definition) is 2. The molecule has 0 spiro atoms. The predicted molar refractivity (Wildman–Crippen MR) is 82.7 cm³/mol. The van der Waals surface area contributed by atoms with Crippen LogP contribution in [0.4, 0.5) is 0 Å². The summed E-state index contributed by atoms with van der Waals surface area (Å²) in [6.45, 7) is 0.139. The number of aromatic amines is 1. The smallest absolute Gasteiger partial charge is 0.408 e. The Morgan fingerprint density at radius 2 is 1.82 bits per heavy atom. The van der Waals surface area contributed by atoms with Gasteiger partial charge < -0.3 is 4.42 Å². The maximum atomic E-state index is 12.1. The summed E-state index contributed by atoms with van der Waals surface area (Å²) >= 11 is 0. The number of hydrogen-bond acceptors (Lipinski definition) is 4. The lowest BCUT2D eigenvalue weighted by molar-refractivity contribution is 0.554. The van der Waals surface area contributed by atoms with Gasteiger partial charge in [0.25, 0.3) is 0 Å². The fourth-order valence-electron chi connectivity index (χ4n) is 2.14. The molecule has 0 saturated carbocycles. The van der Waals surface area contributed by atoms with Crippen molar-refractivity contribution in [1.82, 2.24) is 9.71 Å². The first-order valence-corrected chi connectivity index (χ1v) is 8.30. The molecule has 0 aliphatic heterocycles. The lowest BCUT2D eigenvalue weighted by atomic mass is 10.2. The molecular formula is C15H14N2O4S. The van der Waals surface area contributed by atoms with E-state index in [0.29, 0.717) is 16.7 Å². The van der Waals surface area contributed by atoms with Crippen LogP contribution in [0.15, 0.2) is 57.7 Å². The zero-order valence-electron chi connectivity index (χ0n) is 11.6. The van der Waals surface area contributed by atoms with Crippen LogP contribution >= 0.6 is 0 Å². The van der Waals surface area contributed by atoms with Crippen LogP contribution in [-0.4, -0.2) is 13.4 Å².